The number of aromatic carboxylic acids is 1. The van der Waals surface area contributed by atoms with Gasteiger partial charge in [0.05, 0.1) is 16.3 Å². The fraction of sp³-hybridized carbons (Fsp3) is 0.0714. The van der Waals surface area contributed by atoms with Crippen molar-refractivity contribution in [3.05, 3.63) is 58.4 Å². The molecule has 0 bridgehead atoms. The molecule has 0 atom stereocenters. The number of carbonyl (C=O) groups is 1. The average molecular weight is 280 g/mol. The van der Waals surface area contributed by atoms with Crippen molar-refractivity contribution in [2.24, 2.45) is 0 Å². The number of nitrogens with one attached hydrogen (secondary N) is 1. The molecule has 0 fully saturated rings. The van der Waals surface area contributed by atoms with E-state index < -0.39 is 5.97 Å². The summed E-state index contributed by atoms with van der Waals surface area (Å²) in [6.45, 7) is 1.77. The van der Waals surface area contributed by atoms with Gasteiger partial charge in [-0.2, -0.15) is 0 Å². The Morgan fingerprint density at radius 3 is 2.47 bits per heavy atom. The van der Waals surface area contributed by atoms with Crippen LogP contribution < -0.4 is 5.32 Å². The molecule has 2 rings (SSSR count). The van der Waals surface area contributed by atoms with Gasteiger partial charge in [-0.05, 0) is 48.9 Å². The minimum Gasteiger partial charge on any atom is -0.478 e. The lowest BCUT2D eigenvalue weighted by Crippen LogP contribution is -1.98. The number of rotatable bonds is 3. The van der Waals surface area contributed by atoms with E-state index in [0.717, 1.165) is 5.56 Å². The quantitative estimate of drug-likeness (QED) is 0.884. The molecule has 98 valence electrons. The van der Waals surface area contributed by atoms with Gasteiger partial charge in [-0.15, -0.1) is 0 Å². The van der Waals surface area contributed by atoms with E-state index in [0.29, 0.717) is 16.4 Å². The van der Waals surface area contributed by atoms with Crippen molar-refractivity contribution >= 4 is 28.9 Å². The second-order valence-electron chi connectivity index (χ2n) is 4.08. The Balaban J connectivity index is 2.31. The fourth-order valence-electron chi connectivity index (χ4n) is 1.66. The van der Waals surface area contributed by atoms with Crippen molar-refractivity contribution in [3.63, 3.8) is 0 Å². The summed E-state index contributed by atoms with van der Waals surface area (Å²) in [7, 11) is 0. The first-order chi connectivity index (χ1) is 8.97. The first kappa shape index (κ1) is 13.4. The Morgan fingerprint density at radius 2 is 1.89 bits per heavy atom. The van der Waals surface area contributed by atoms with Crippen LogP contribution in [0.5, 0.6) is 0 Å². The minimum atomic E-state index is -1.04. The van der Waals surface area contributed by atoms with Gasteiger partial charge in [-0.25, -0.2) is 9.18 Å². The van der Waals surface area contributed by atoms with Gasteiger partial charge >= 0.3 is 5.97 Å². The number of carboxylic acid groups (broad SMARTS) is 1. The lowest BCUT2D eigenvalue weighted by Gasteiger charge is -2.11. The van der Waals surface area contributed by atoms with E-state index in [9.17, 15) is 9.18 Å². The number of hydrogen-bond donors (Lipinski definition) is 2. The molecule has 0 saturated carbocycles. The zero-order chi connectivity index (χ0) is 14.0. The highest BCUT2D eigenvalue weighted by molar-refractivity contribution is 6.33. The highest BCUT2D eigenvalue weighted by Gasteiger charge is 2.08. The largest absolute Gasteiger partial charge is 0.478 e. The zero-order valence-corrected chi connectivity index (χ0v) is 10.8. The van der Waals surface area contributed by atoms with Crippen LogP contribution in [0.2, 0.25) is 5.02 Å². The molecule has 5 heteroatoms. The number of aryl methyl sites for hydroxylation is 1. The third kappa shape index (κ3) is 3.03. The standard InChI is InChI=1S/C14H11ClFNO2/c1-8-6-10(16)3-5-12(8)17-13-4-2-9(14(18)19)7-11(13)15/h2-7,17H,1H3,(H,18,19). The fourth-order valence-corrected chi connectivity index (χ4v) is 1.89. The van der Waals surface area contributed by atoms with E-state index in [4.69, 9.17) is 16.7 Å². The van der Waals surface area contributed by atoms with Gasteiger partial charge in [-0.3, -0.25) is 0 Å². The molecule has 0 aromatic heterocycles. The summed E-state index contributed by atoms with van der Waals surface area (Å²) in [5.41, 5.74) is 2.14. The Labute approximate surface area is 114 Å². The van der Waals surface area contributed by atoms with E-state index in [1.807, 2.05) is 0 Å². The van der Waals surface area contributed by atoms with Crippen LogP contribution in [-0.2, 0) is 0 Å². The number of hydrogen-bond acceptors (Lipinski definition) is 2. The topological polar surface area (TPSA) is 49.3 Å². The normalized spacial score (nSPS) is 10.3. The second-order valence-corrected chi connectivity index (χ2v) is 4.49. The van der Waals surface area contributed by atoms with E-state index in [1.54, 1.807) is 19.1 Å². The summed E-state index contributed by atoms with van der Waals surface area (Å²) >= 11 is 6.01. The molecule has 0 spiro atoms. The van der Waals surface area contributed by atoms with Crippen LogP contribution in [0.15, 0.2) is 36.4 Å². The molecule has 0 unspecified atom stereocenters. The molecule has 0 radical (unpaired) electrons. The Morgan fingerprint density at radius 1 is 1.21 bits per heavy atom. The molecular weight excluding hydrogens is 269 g/mol. The van der Waals surface area contributed by atoms with Gasteiger partial charge in [0.25, 0.3) is 0 Å². The van der Waals surface area contributed by atoms with Crippen molar-refractivity contribution in [2.45, 2.75) is 6.92 Å². The summed E-state index contributed by atoms with van der Waals surface area (Å²) in [6, 6.07) is 8.75. The van der Waals surface area contributed by atoms with Crippen molar-refractivity contribution in [1.29, 1.82) is 0 Å². The van der Waals surface area contributed by atoms with Crippen molar-refractivity contribution < 1.29 is 14.3 Å². The molecule has 0 aliphatic rings. The van der Waals surface area contributed by atoms with E-state index in [2.05, 4.69) is 5.32 Å². The van der Waals surface area contributed by atoms with Gasteiger partial charge in [0.15, 0.2) is 0 Å². The first-order valence-electron chi connectivity index (χ1n) is 5.53. The van der Waals surface area contributed by atoms with E-state index in [1.165, 1.54) is 24.3 Å². The zero-order valence-electron chi connectivity index (χ0n) is 10.1. The molecule has 0 aliphatic heterocycles. The lowest BCUT2D eigenvalue weighted by molar-refractivity contribution is 0.0697. The predicted molar refractivity (Wildman–Crippen MR) is 72.8 cm³/mol. The highest BCUT2D eigenvalue weighted by atomic mass is 35.5. The average Bonchev–Trinajstić information content (AvgIpc) is 2.34. The molecule has 2 aromatic rings. The van der Waals surface area contributed by atoms with Crippen molar-refractivity contribution in [1.82, 2.24) is 0 Å². The van der Waals surface area contributed by atoms with Crippen molar-refractivity contribution in [3.8, 4) is 0 Å². The molecule has 0 heterocycles. The molecule has 2 N–H and O–H groups in total. The highest BCUT2D eigenvalue weighted by Crippen LogP contribution is 2.28. The van der Waals surface area contributed by atoms with Gasteiger partial charge < -0.3 is 10.4 Å². The SMILES string of the molecule is Cc1cc(F)ccc1Nc1ccc(C(=O)O)cc1Cl. The van der Waals surface area contributed by atoms with E-state index in [-0.39, 0.29) is 11.4 Å². The molecule has 19 heavy (non-hydrogen) atoms. The lowest BCUT2D eigenvalue weighted by atomic mass is 10.1. The maximum atomic E-state index is 13.0. The maximum absolute atomic E-state index is 13.0. The smallest absolute Gasteiger partial charge is 0.335 e. The number of benzene rings is 2. The summed E-state index contributed by atoms with van der Waals surface area (Å²) in [5, 5.41) is 12.2. The summed E-state index contributed by atoms with van der Waals surface area (Å²) in [6.07, 6.45) is 0. The van der Waals surface area contributed by atoms with Crippen molar-refractivity contribution in [2.75, 3.05) is 5.32 Å². The number of halogens is 2. The van der Waals surface area contributed by atoms with Crippen LogP contribution in [0, 0.1) is 12.7 Å². The predicted octanol–water partition coefficient (Wildman–Crippen LogP) is 4.23. The summed E-state index contributed by atoms with van der Waals surface area (Å²) in [4.78, 5) is 10.8. The molecule has 0 amide bonds. The maximum Gasteiger partial charge on any atom is 0.335 e. The third-order valence-corrected chi connectivity index (χ3v) is 2.99. The Hall–Kier alpha value is -2.07. The van der Waals surface area contributed by atoms with Gasteiger partial charge in [0, 0.05) is 5.69 Å². The molecule has 2 aromatic carbocycles. The van der Waals surface area contributed by atoms with Crippen LogP contribution in [0.25, 0.3) is 0 Å². The Kier molecular flexibility index (Phi) is 3.71. The summed E-state index contributed by atoms with van der Waals surface area (Å²) < 4.78 is 13.0. The van der Waals surface area contributed by atoms with Crippen LogP contribution >= 0.6 is 11.6 Å². The Bertz CT molecular complexity index is 643. The van der Waals surface area contributed by atoms with Crippen LogP contribution in [0.1, 0.15) is 15.9 Å². The van der Waals surface area contributed by atoms with E-state index >= 15 is 0 Å². The van der Waals surface area contributed by atoms with Crippen LogP contribution in [-0.4, -0.2) is 11.1 Å². The molecule has 3 nitrogen and oxygen atoms in total. The van der Waals surface area contributed by atoms with Gasteiger partial charge in [0.2, 0.25) is 0 Å². The molecular formula is C14H11ClFNO2. The minimum absolute atomic E-state index is 0.117. The monoisotopic (exact) mass is 279 g/mol. The molecule has 0 saturated heterocycles. The van der Waals surface area contributed by atoms with Crippen LogP contribution in [0.3, 0.4) is 0 Å². The third-order valence-electron chi connectivity index (χ3n) is 2.67. The number of carboxylic acids is 1. The van der Waals surface area contributed by atoms with Gasteiger partial charge in [0.1, 0.15) is 5.82 Å². The first-order valence-corrected chi connectivity index (χ1v) is 5.91. The van der Waals surface area contributed by atoms with Gasteiger partial charge in [-0.1, -0.05) is 11.6 Å². The van der Waals surface area contributed by atoms with Crippen LogP contribution in [0.4, 0.5) is 15.8 Å². The number of anilines is 2. The summed E-state index contributed by atoms with van der Waals surface area (Å²) in [5.74, 6) is -1.35. The second kappa shape index (κ2) is 5.28. The molecule has 0 aliphatic carbocycles.